The summed E-state index contributed by atoms with van der Waals surface area (Å²) >= 11 is 0. The van der Waals surface area contributed by atoms with Crippen LogP contribution in [-0.2, 0) is 32.6 Å². The number of nitrogens with one attached hydrogen (secondary N) is 1. The van der Waals surface area contributed by atoms with Crippen molar-refractivity contribution in [1.29, 1.82) is 0 Å². The maximum absolute atomic E-state index is 14.1. The highest BCUT2D eigenvalue weighted by molar-refractivity contribution is 7.92. The van der Waals surface area contributed by atoms with Crippen LogP contribution in [0.3, 0.4) is 0 Å². The predicted molar refractivity (Wildman–Crippen MR) is 157 cm³/mol. The number of nitrogens with zero attached hydrogens (tertiary/aromatic N) is 2. The smallest absolute Gasteiger partial charge is 0.244 e. The van der Waals surface area contributed by atoms with Crippen molar-refractivity contribution in [3.8, 4) is 0 Å². The number of amides is 2. The Hall–Kier alpha value is -3.72. The third kappa shape index (κ3) is 8.64. The molecule has 214 valence electrons. The highest BCUT2D eigenvalue weighted by Gasteiger charge is 2.34. The standard InChI is InChI=1S/C31H38FN3O4S/c1-22-12-17-27(18-23(22)2)35(40(6,38)39)21-29(36)34(20-25-13-15-26(32)16-14-25)28(30(37)33-31(3,4)5)19-24-10-8-7-9-11-24/h7-18,28H,19-21H2,1-6H3,(H,33,37)/t28-/m0/s1. The largest absolute Gasteiger partial charge is 0.350 e. The van der Waals surface area contributed by atoms with E-state index in [4.69, 9.17) is 0 Å². The van der Waals surface area contributed by atoms with E-state index in [1.54, 1.807) is 30.3 Å². The number of hydrogen-bond acceptors (Lipinski definition) is 4. The monoisotopic (exact) mass is 567 g/mol. The highest BCUT2D eigenvalue weighted by atomic mass is 32.2. The summed E-state index contributed by atoms with van der Waals surface area (Å²) in [6.45, 7) is 8.82. The number of rotatable bonds is 10. The van der Waals surface area contributed by atoms with Crippen LogP contribution in [-0.4, -0.2) is 49.5 Å². The number of benzene rings is 3. The van der Waals surface area contributed by atoms with Gasteiger partial charge >= 0.3 is 0 Å². The van der Waals surface area contributed by atoms with E-state index in [0.717, 1.165) is 27.3 Å². The first kappa shape index (κ1) is 30.8. The van der Waals surface area contributed by atoms with Crippen molar-refractivity contribution < 1.29 is 22.4 Å². The summed E-state index contributed by atoms with van der Waals surface area (Å²) in [5.41, 5.74) is 3.10. The lowest BCUT2D eigenvalue weighted by Gasteiger charge is -2.35. The Morgan fingerprint density at radius 2 is 1.52 bits per heavy atom. The number of hydrogen-bond donors (Lipinski definition) is 1. The molecule has 3 aromatic rings. The van der Waals surface area contributed by atoms with Crippen LogP contribution in [0.25, 0.3) is 0 Å². The van der Waals surface area contributed by atoms with Gasteiger partial charge < -0.3 is 10.2 Å². The molecule has 0 aromatic heterocycles. The van der Waals surface area contributed by atoms with E-state index in [-0.39, 0.29) is 18.9 Å². The molecule has 9 heteroatoms. The second kappa shape index (κ2) is 12.6. The Kier molecular flexibility index (Phi) is 9.73. The zero-order valence-corrected chi connectivity index (χ0v) is 24.8. The van der Waals surface area contributed by atoms with Gasteiger partial charge in [0, 0.05) is 18.5 Å². The number of halogens is 1. The average Bonchev–Trinajstić information content (AvgIpc) is 2.86. The van der Waals surface area contributed by atoms with Gasteiger partial charge in [-0.15, -0.1) is 0 Å². The van der Waals surface area contributed by atoms with E-state index in [0.29, 0.717) is 11.3 Å². The van der Waals surface area contributed by atoms with E-state index in [1.807, 2.05) is 65.0 Å². The van der Waals surface area contributed by atoms with Gasteiger partial charge in [0.1, 0.15) is 18.4 Å². The Labute approximate surface area is 237 Å². The molecule has 0 heterocycles. The molecule has 3 aromatic carbocycles. The molecule has 0 fully saturated rings. The molecule has 0 spiro atoms. The van der Waals surface area contributed by atoms with E-state index in [1.165, 1.54) is 17.0 Å². The molecular weight excluding hydrogens is 529 g/mol. The van der Waals surface area contributed by atoms with Gasteiger partial charge in [0.25, 0.3) is 0 Å². The zero-order valence-electron chi connectivity index (χ0n) is 23.9. The van der Waals surface area contributed by atoms with E-state index in [9.17, 15) is 22.4 Å². The maximum Gasteiger partial charge on any atom is 0.244 e. The van der Waals surface area contributed by atoms with Gasteiger partial charge in [-0.2, -0.15) is 0 Å². The van der Waals surface area contributed by atoms with Crippen molar-refractivity contribution in [2.24, 2.45) is 0 Å². The third-order valence-corrected chi connectivity index (χ3v) is 7.63. The first-order valence-corrected chi connectivity index (χ1v) is 14.9. The molecule has 0 aliphatic rings. The summed E-state index contributed by atoms with van der Waals surface area (Å²) in [4.78, 5) is 29.1. The average molecular weight is 568 g/mol. The molecular formula is C31H38FN3O4S. The van der Waals surface area contributed by atoms with Crippen LogP contribution < -0.4 is 9.62 Å². The van der Waals surface area contributed by atoms with Gasteiger partial charge in [-0.3, -0.25) is 13.9 Å². The SMILES string of the molecule is Cc1ccc(N(CC(=O)N(Cc2ccc(F)cc2)[C@@H](Cc2ccccc2)C(=O)NC(C)(C)C)S(C)(=O)=O)cc1C. The quantitative estimate of drug-likeness (QED) is 0.383. The van der Waals surface area contributed by atoms with Crippen molar-refractivity contribution in [3.63, 3.8) is 0 Å². The molecule has 0 bridgehead atoms. The number of sulfonamides is 1. The van der Waals surface area contributed by atoms with Crippen LogP contribution in [0, 0.1) is 19.7 Å². The van der Waals surface area contributed by atoms with Gasteiger partial charge in [-0.1, -0.05) is 48.5 Å². The molecule has 40 heavy (non-hydrogen) atoms. The minimum atomic E-state index is -3.85. The maximum atomic E-state index is 14.1. The van der Waals surface area contributed by atoms with E-state index < -0.39 is 39.9 Å². The Morgan fingerprint density at radius 1 is 0.900 bits per heavy atom. The molecule has 0 saturated carbocycles. The molecule has 0 saturated heterocycles. The summed E-state index contributed by atoms with van der Waals surface area (Å²) in [7, 11) is -3.85. The lowest BCUT2D eigenvalue weighted by atomic mass is 10.0. The number of anilines is 1. The molecule has 7 nitrogen and oxygen atoms in total. The number of aryl methyl sites for hydroxylation is 2. The van der Waals surface area contributed by atoms with Crippen molar-refractivity contribution in [1.82, 2.24) is 10.2 Å². The van der Waals surface area contributed by atoms with Crippen molar-refractivity contribution >= 4 is 27.5 Å². The van der Waals surface area contributed by atoms with Crippen LogP contribution in [0.5, 0.6) is 0 Å². The van der Waals surface area contributed by atoms with Gasteiger partial charge in [0.2, 0.25) is 21.8 Å². The second-order valence-corrected chi connectivity index (χ2v) is 13.0. The van der Waals surface area contributed by atoms with Gasteiger partial charge in [-0.05, 0) is 81.1 Å². The van der Waals surface area contributed by atoms with Crippen molar-refractivity contribution in [3.05, 3.63) is 101 Å². The summed E-state index contributed by atoms with van der Waals surface area (Å²) in [5.74, 6) is -1.35. The summed E-state index contributed by atoms with van der Waals surface area (Å²) in [5, 5.41) is 2.97. The normalized spacial score (nSPS) is 12.5. The minimum Gasteiger partial charge on any atom is -0.350 e. The fourth-order valence-electron chi connectivity index (χ4n) is 4.29. The Balaban J connectivity index is 2.08. The summed E-state index contributed by atoms with van der Waals surface area (Å²) in [6, 6.07) is 19.2. The van der Waals surface area contributed by atoms with Crippen LogP contribution >= 0.6 is 0 Å². The van der Waals surface area contributed by atoms with E-state index >= 15 is 0 Å². The Bertz CT molecular complexity index is 1440. The van der Waals surface area contributed by atoms with Crippen LogP contribution in [0.15, 0.2) is 72.8 Å². The molecule has 1 atom stereocenters. The summed E-state index contributed by atoms with van der Waals surface area (Å²) < 4.78 is 40.5. The molecule has 0 radical (unpaired) electrons. The molecule has 0 aliphatic carbocycles. The van der Waals surface area contributed by atoms with Gasteiger partial charge in [0.15, 0.2) is 0 Å². The molecule has 2 amide bonds. The fourth-order valence-corrected chi connectivity index (χ4v) is 5.13. The number of carbonyl (C=O) groups is 2. The highest BCUT2D eigenvalue weighted by Crippen LogP contribution is 2.23. The minimum absolute atomic E-state index is 0.0152. The van der Waals surface area contributed by atoms with E-state index in [2.05, 4.69) is 5.32 Å². The molecule has 1 N–H and O–H groups in total. The van der Waals surface area contributed by atoms with Gasteiger partial charge in [-0.25, -0.2) is 12.8 Å². The zero-order chi connectivity index (χ0) is 29.7. The Morgan fingerprint density at radius 3 is 2.08 bits per heavy atom. The second-order valence-electron chi connectivity index (χ2n) is 11.1. The summed E-state index contributed by atoms with van der Waals surface area (Å²) in [6.07, 6.45) is 1.26. The molecule has 0 unspecified atom stereocenters. The topological polar surface area (TPSA) is 86.8 Å². The lowest BCUT2D eigenvalue weighted by molar-refractivity contribution is -0.140. The van der Waals surface area contributed by atoms with Crippen LogP contribution in [0.2, 0.25) is 0 Å². The first-order chi connectivity index (χ1) is 18.6. The molecule has 3 rings (SSSR count). The predicted octanol–water partition coefficient (Wildman–Crippen LogP) is 4.76. The molecule has 0 aliphatic heterocycles. The van der Waals surface area contributed by atoms with Crippen LogP contribution in [0.4, 0.5) is 10.1 Å². The van der Waals surface area contributed by atoms with Crippen molar-refractivity contribution in [2.45, 2.75) is 59.2 Å². The third-order valence-electron chi connectivity index (χ3n) is 6.49. The number of carbonyl (C=O) groups excluding carboxylic acids is 2. The fraction of sp³-hybridized carbons (Fsp3) is 0.355. The van der Waals surface area contributed by atoms with Crippen molar-refractivity contribution in [2.75, 3.05) is 17.1 Å². The van der Waals surface area contributed by atoms with Crippen LogP contribution in [0.1, 0.15) is 43.0 Å². The first-order valence-electron chi connectivity index (χ1n) is 13.1. The van der Waals surface area contributed by atoms with Gasteiger partial charge in [0.05, 0.1) is 11.9 Å². The lowest BCUT2D eigenvalue weighted by Crippen LogP contribution is -2.56.